The fraction of sp³-hybridized carbons (Fsp3) is 1.00. The maximum absolute atomic E-state index is 10.1. The maximum Gasteiger partial charge on any atom is 0.0785 e. The Morgan fingerprint density at radius 1 is 1.38 bits per heavy atom. The largest absolute Gasteiger partial charge is 0.396 e. The van der Waals surface area contributed by atoms with Crippen LogP contribution in [-0.4, -0.2) is 18.9 Å². The van der Waals surface area contributed by atoms with Crippen molar-refractivity contribution in [3.8, 4) is 0 Å². The van der Waals surface area contributed by atoms with Crippen LogP contribution in [0.1, 0.15) is 32.6 Å². The zero-order valence-electron chi connectivity index (χ0n) is 9.51. The molecule has 0 heterocycles. The van der Waals surface area contributed by atoms with Gasteiger partial charge in [0.05, 0.1) is 8.07 Å². The van der Waals surface area contributed by atoms with Crippen molar-refractivity contribution >= 4 is 8.07 Å². The quantitative estimate of drug-likeness (QED) is 0.676. The predicted molar refractivity (Wildman–Crippen MR) is 60.5 cm³/mol. The van der Waals surface area contributed by atoms with Crippen molar-refractivity contribution in [1.29, 1.82) is 0 Å². The summed E-state index contributed by atoms with van der Waals surface area (Å²) in [7, 11) is -1.29. The predicted octanol–water partition coefficient (Wildman–Crippen LogP) is 3.05. The lowest BCUT2D eigenvalue weighted by Crippen LogP contribution is -2.40. The van der Waals surface area contributed by atoms with E-state index < -0.39 is 8.07 Å². The molecule has 0 aromatic rings. The second-order valence-corrected chi connectivity index (χ2v) is 10.9. The van der Waals surface area contributed by atoms with Crippen LogP contribution in [0.15, 0.2) is 0 Å². The van der Waals surface area contributed by atoms with Crippen molar-refractivity contribution in [3.63, 3.8) is 0 Å². The Kier molecular flexibility index (Phi) is 3.58. The van der Waals surface area contributed by atoms with Crippen molar-refractivity contribution in [1.82, 2.24) is 0 Å². The molecule has 0 aromatic heterocycles. The number of rotatable bonds is 5. The van der Waals surface area contributed by atoms with Crippen LogP contribution in [-0.2, 0) is 0 Å². The monoisotopic (exact) mass is 200 g/mol. The summed E-state index contributed by atoms with van der Waals surface area (Å²) in [6, 6.07) is 0. The van der Waals surface area contributed by atoms with Gasteiger partial charge in [-0.05, 0) is 18.3 Å². The van der Waals surface area contributed by atoms with Crippen LogP contribution in [0.5, 0.6) is 0 Å². The Bertz CT molecular complexity index is 162. The molecule has 78 valence electrons. The van der Waals surface area contributed by atoms with Gasteiger partial charge in [0.2, 0.25) is 0 Å². The Hall–Kier alpha value is 0.177. The lowest BCUT2D eigenvalue weighted by molar-refractivity contribution is 0.212. The first-order chi connectivity index (χ1) is 5.96. The highest BCUT2D eigenvalue weighted by atomic mass is 28.3. The first-order valence-corrected chi connectivity index (χ1v) is 9.22. The van der Waals surface area contributed by atoms with E-state index in [0.717, 1.165) is 5.92 Å². The molecule has 0 unspecified atom stereocenters. The molecular formula is C11H24OSi. The molecule has 0 amide bonds. The van der Waals surface area contributed by atoms with Crippen LogP contribution in [0, 0.1) is 11.8 Å². The third-order valence-electron chi connectivity index (χ3n) is 3.20. The zero-order valence-corrected chi connectivity index (χ0v) is 10.5. The lowest BCUT2D eigenvalue weighted by atomic mass is 10.1. The van der Waals surface area contributed by atoms with Gasteiger partial charge in [-0.25, -0.2) is 0 Å². The van der Waals surface area contributed by atoms with E-state index in [-0.39, 0.29) is 5.73 Å². The van der Waals surface area contributed by atoms with E-state index in [1.54, 1.807) is 0 Å². The minimum absolute atomic E-state index is 0.0503. The summed E-state index contributed by atoms with van der Waals surface area (Å²) in [6.45, 7) is 9.05. The maximum atomic E-state index is 10.1. The van der Waals surface area contributed by atoms with Gasteiger partial charge >= 0.3 is 0 Å². The second-order valence-electron chi connectivity index (χ2n) is 5.61. The van der Waals surface area contributed by atoms with Gasteiger partial charge in [0.1, 0.15) is 0 Å². The summed E-state index contributed by atoms with van der Waals surface area (Å²) >= 11 is 0. The molecule has 1 rings (SSSR count). The third kappa shape index (κ3) is 3.10. The molecule has 13 heavy (non-hydrogen) atoms. The molecule has 0 saturated heterocycles. The van der Waals surface area contributed by atoms with Crippen molar-refractivity contribution in [2.45, 2.75) is 58.0 Å². The molecule has 1 nitrogen and oxygen atoms in total. The zero-order chi connectivity index (χ0) is 10.1. The molecule has 1 aliphatic carbocycles. The molecule has 2 heteroatoms. The first-order valence-electron chi connectivity index (χ1n) is 5.65. The van der Waals surface area contributed by atoms with E-state index in [1.165, 1.54) is 25.7 Å². The van der Waals surface area contributed by atoms with Crippen LogP contribution in [0.4, 0.5) is 0 Å². The molecule has 3 atom stereocenters. The number of unbranched alkanes of at least 4 members (excludes halogenated alkanes) is 1. The van der Waals surface area contributed by atoms with Gasteiger partial charge in [-0.2, -0.15) is 0 Å². The van der Waals surface area contributed by atoms with Gasteiger partial charge in [-0.3, -0.25) is 0 Å². The molecule has 1 N–H and O–H groups in total. The Labute approximate surface area is 83.6 Å². The van der Waals surface area contributed by atoms with E-state index in [9.17, 15) is 5.11 Å². The van der Waals surface area contributed by atoms with E-state index >= 15 is 0 Å². The van der Waals surface area contributed by atoms with Crippen molar-refractivity contribution < 1.29 is 5.11 Å². The van der Waals surface area contributed by atoms with Crippen LogP contribution < -0.4 is 0 Å². The van der Waals surface area contributed by atoms with Gasteiger partial charge < -0.3 is 5.11 Å². The van der Waals surface area contributed by atoms with Crippen LogP contribution in [0.25, 0.3) is 0 Å². The number of aliphatic hydroxyl groups excluding tert-OH is 1. The highest BCUT2D eigenvalue weighted by molar-refractivity contribution is 6.77. The first kappa shape index (κ1) is 11.3. The summed E-state index contributed by atoms with van der Waals surface area (Å²) in [6.07, 6.45) is 5.29. The van der Waals surface area contributed by atoms with E-state index in [2.05, 4.69) is 26.6 Å². The minimum atomic E-state index is -1.29. The topological polar surface area (TPSA) is 20.2 Å². The molecule has 0 spiro atoms. The van der Waals surface area contributed by atoms with Crippen molar-refractivity contribution in [2.75, 3.05) is 0 Å². The van der Waals surface area contributed by atoms with Gasteiger partial charge in [0, 0.05) is 5.73 Å². The minimum Gasteiger partial charge on any atom is -0.396 e. The van der Waals surface area contributed by atoms with E-state index in [4.69, 9.17) is 0 Å². The Morgan fingerprint density at radius 2 is 2.00 bits per heavy atom. The summed E-state index contributed by atoms with van der Waals surface area (Å²) < 4.78 is 0. The van der Waals surface area contributed by atoms with E-state index in [0.29, 0.717) is 5.92 Å². The standard InChI is InChI=1S/C11H24OSi/c1-5-6-7-9-8-10(9)11(12)13(2,3)4/h9-12H,5-8H2,1-4H3/t9-,10+,11+/m0/s1. The Morgan fingerprint density at radius 3 is 2.46 bits per heavy atom. The summed E-state index contributed by atoms with van der Waals surface area (Å²) in [5, 5.41) is 10.1. The molecule has 0 bridgehead atoms. The van der Waals surface area contributed by atoms with Crippen molar-refractivity contribution in [3.05, 3.63) is 0 Å². The highest BCUT2D eigenvalue weighted by Gasteiger charge is 2.46. The van der Waals surface area contributed by atoms with Crippen molar-refractivity contribution in [2.24, 2.45) is 11.8 Å². The van der Waals surface area contributed by atoms with Gasteiger partial charge in [0.25, 0.3) is 0 Å². The smallest absolute Gasteiger partial charge is 0.0785 e. The van der Waals surface area contributed by atoms with E-state index in [1.807, 2.05) is 0 Å². The van der Waals surface area contributed by atoms with Gasteiger partial charge in [-0.1, -0.05) is 45.8 Å². The molecule has 1 saturated carbocycles. The third-order valence-corrected chi connectivity index (χ3v) is 5.40. The average molecular weight is 200 g/mol. The normalized spacial score (nSPS) is 30.2. The van der Waals surface area contributed by atoms with Gasteiger partial charge in [0.15, 0.2) is 0 Å². The van der Waals surface area contributed by atoms with Crippen LogP contribution in [0.2, 0.25) is 19.6 Å². The SMILES string of the molecule is CCCC[C@H]1C[C@H]1[C@H](O)[Si](C)(C)C. The lowest BCUT2D eigenvalue weighted by Gasteiger charge is -2.24. The fourth-order valence-electron chi connectivity index (χ4n) is 2.10. The summed E-state index contributed by atoms with van der Waals surface area (Å²) in [4.78, 5) is 0. The average Bonchev–Trinajstić information content (AvgIpc) is 2.76. The molecular weight excluding hydrogens is 176 g/mol. The number of hydrogen-bond donors (Lipinski definition) is 1. The highest BCUT2D eigenvalue weighted by Crippen LogP contribution is 2.46. The molecule has 0 aromatic carbocycles. The molecule has 1 aliphatic rings. The second kappa shape index (κ2) is 4.14. The molecule has 1 fully saturated rings. The van der Waals surface area contributed by atoms with Gasteiger partial charge in [-0.15, -0.1) is 0 Å². The van der Waals surface area contributed by atoms with Crippen LogP contribution in [0.3, 0.4) is 0 Å². The number of hydrogen-bond acceptors (Lipinski definition) is 1. The Balaban J connectivity index is 2.26. The molecule has 0 aliphatic heterocycles. The number of aliphatic hydroxyl groups is 1. The summed E-state index contributed by atoms with van der Waals surface area (Å²) in [5.74, 6) is 1.53. The fourth-order valence-corrected chi connectivity index (χ4v) is 3.79. The summed E-state index contributed by atoms with van der Waals surface area (Å²) in [5.41, 5.74) is 0.0503. The van der Waals surface area contributed by atoms with Crippen LogP contribution >= 0.6 is 0 Å². The molecule has 0 radical (unpaired) electrons.